The molecule has 6 N–H and O–H groups in total. The fourth-order valence-electron chi connectivity index (χ4n) is 1.54. The van der Waals surface area contributed by atoms with Gasteiger partial charge in [0, 0.05) is 19.5 Å². The quantitative estimate of drug-likeness (QED) is 0.386. The molecule has 0 radical (unpaired) electrons. The van der Waals surface area contributed by atoms with Crippen molar-refractivity contribution in [2.24, 2.45) is 16.5 Å². The van der Waals surface area contributed by atoms with E-state index < -0.39 is 11.9 Å². The molecule has 1 amide bonds. The van der Waals surface area contributed by atoms with Crippen molar-refractivity contribution in [1.82, 2.24) is 9.97 Å². The number of rotatable bonds is 8. The summed E-state index contributed by atoms with van der Waals surface area (Å²) in [5.74, 6) is -0.292. The molecule has 1 heterocycles. The lowest BCUT2D eigenvalue weighted by Crippen LogP contribution is -2.23. The molecule has 0 aliphatic carbocycles. The van der Waals surface area contributed by atoms with E-state index in [4.69, 9.17) is 11.5 Å². The van der Waals surface area contributed by atoms with Gasteiger partial charge in [-0.05, 0) is 6.42 Å². The number of nitrogens with one attached hydrogen (secondary N) is 2. The molecule has 0 saturated carbocycles. The highest BCUT2D eigenvalue weighted by atomic mass is 16.1. The summed E-state index contributed by atoms with van der Waals surface area (Å²) in [7, 11) is 1.57. The Labute approximate surface area is 127 Å². The van der Waals surface area contributed by atoms with Gasteiger partial charge in [-0.2, -0.15) is 0 Å². The van der Waals surface area contributed by atoms with Gasteiger partial charge in [-0.1, -0.05) is 6.92 Å². The lowest BCUT2D eigenvalue weighted by Gasteiger charge is -2.14. The lowest BCUT2D eigenvalue weighted by molar-refractivity contribution is -0.108. The average Bonchev–Trinajstić information content (AvgIpc) is 2.52. The molecule has 118 valence electrons. The van der Waals surface area contributed by atoms with Crippen LogP contribution in [0.15, 0.2) is 23.1 Å². The van der Waals surface area contributed by atoms with Gasteiger partial charge in [0.15, 0.2) is 11.5 Å². The molecule has 0 bridgehead atoms. The molecule has 0 aromatic carbocycles. The number of nitrogens with zero attached hydrogens (tertiary/aromatic N) is 3. The number of nitrogens with two attached hydrogens (primary N) is 2. The van der Waals surface area contributed by atoms with Crippen molar-refractivity contribution >= 4 is 30.0 Å². The Morgan fingerprint density at radius 1 is 1.55 bits per heavy atom. The van der Waals surface area contributed by atoms with Crippen molar-refractivity contribution < 1.29 is 9.59 Å². The summed E-state index contributed by atoms with van der Waals surface area (Å²) < 4.78 is 0. The van der Waals surface area contributed by atoms with Crippen molar-refractivity contribution in [3.8, 4) is 0 Å². The van der Waals surface area contributed by atoms with Crippen molar-refractivity contribution in [3.63, 3.8) is 0 Å². The minimum atomic E-state index is -0.742. The SMILES string of the molecule is CCC(C=O)Nc1cnc(C(N)=O)c(NC(C=NC)=CN)n1. The van der Waals surface area contributed by atoms with Crippen LogP contribution >= 0.6 is 0 Å². The first-order chi connectivity index (χ1) is 10.5. The van der Waals surface area contributed by atoms with E-state index in [-0.39, 0.29) is 11.5 Å². The zero-order valence-electron chi connectivity index (χ0n) is 12.4. The standard InChI is InChI=1S/C13H19N7O2/c1-3-8(7-21)18-10-6-17-11(12(15)22)13(20-10)19-9(4-14)5-16-2/h4-8H,3,14H2,1-2H3,(H2,15,22)(H2,18,19,20). The summed E-state index contributed by atoms with van der Waals surface area (Å²) in [6.07, 6.45) is 5.40. The van der Waals surface area contributed by atoms with Crippen molar-refractivity contribution in [1.29, 1.82) is 0 Å². The third kappa shape index (κ3) is 4.54. The number of hydrogen-bond donors (Lipinski definition) is 4. The van der Waals surface area contributed by atoms with Crippen LogP contribution in [-0.2, 0) is 4.79 Å². The van der Waals surface area contributed by atoms with Crippen LogP contribution < -0.4 is 22.1 Å². The fourth-order valence-corrected chi connectivity index (χ4v) is 1.54. The largest absolute Gasteiger partial charge is 0.403 e. The molecule has 22 heavy (non-hydrogen) atoms. The normalized spacial score (nSPS) is 12.9. The summed E-state index contributed by atoms with van der Waals surface area (Å²) in [6, 6.07) is -0.400. The molecule has 0 saturated heterocycles. The van der Waals surface area contributed by atoms with Crippen molar-refractivity contribution in [2.75, 3.05) is 17.7 Å². The number of hydrogen-bond acceptors (Lipinski definition) is 8. The zero-order valence-corrected chi connectivity index (χ0v) is 12.4. The predicted octanol–water partition coefficient (Wildman–Crippen LogP) is -0.122. The summed E-state index contributed by atoms with van der Waals surface area (Å²) >= 11 is 0. The Bertz CT molecular complexity index is 598. The van der Waals surface area contributed by atoms with Crippen LogP contribution in [0.5, 0.6) is 0 Å². The Hall–Kier alpha value is -2.97. The highest BCUT2D eigenvalue weighted by Crippen LogP contribution is 2.15. The van der Waals surface area contributed by atoms with Gasteiger partial charge in [-0.15, -0.1) is 0 Å². The lowest BCUT2D eigenvalue weighted by atomic mass is 10.2. The number of aldehydes is 1. The smallest absolute Gasteiger partial charge is 0.271 e. The van der Waals surface area contributed by atoms with Crippen LogP contribution in [-0.4, -0.2) is 41.5 Å². The van der Waals surface area contributed by atoms with Crippen LogP contribution in [0.1, 0.15) is 23.8 Å². The number of aliphatic imine (C=N–C) groups is 1. The van der Waals surface area contributed by atoms with E-state index in [1.807, 2.05) is 6.92 Å². The first-order valence-corrected chi connectivity index (χ1v) is 6.55. The van der Waals surface area contributed by atoms with Crippen LogP contribution in [0.3, 0.4) is 0 Å². The number of amides is 1. The summed E-state index contributed by atoms with van der Waals surface area (Å²) in [4.78, 5) is 34.2. The van der Waals surface area contributed by atoms with E-state index >= 15 is 0 Å². The molecule has 9 nitrogen and oxygen atoms in total. The Morgan fingerprint density at radius 2 is 2.27 bits per heavy atom. The second kappa shape index (κ2) is 8.35. The number of carbonyl (C=O) groups is 2. The average molecular weight is 305 g/mol. The Balaban J connectivity index is 3.15. The second-order valence-electron chi connectivity index (χ2n) is 4.25. The van der Waals surface area contributed by atoms with E-state index in [1.165, 1.54) is 18.6 Å². The molecule has 1 atom stereocenters. The molecule has 1 unspecified atom stereocenters. The topological polar surface area (TPSA) is 148 Å². The molecule has 1 rings (SSSR count). The molecule has 1 aromatic rings. The van der Waals surface area contributed by atoms with E-state index in [0.29, 0.717) is 17.9 Å². The molecule has 0 aliphatic heterocycles. The molecule has 9 heteroatoms. The molecule has 0 spiro atoms. The number of primary amides is 1. The first kappa shape index (κ1) is 17.1. The highest BCUT2D eigenvalue weighted by molar-refractivity contribution is 5.97. The van der Waals surface area contributed by atoms with Gasteiger partial charge in [0.1, 0.15) is 12.1 Å². The Morgan fingerprint density at radius 3 is 2.77 bits per heavy atom. The van der Waals surface area contributed by atoms with E-state index in [2.05, 4.69) is 25.6 Å². The van der Waals surface area contributed by atoms with Gasteiger partial charge < -0.3 is 26.9 Å². The third-order valence-electron chi connectivity index (χ3n) is 2.65. The second-order valence-corrected chi connectivity index (χ2v) is 4.25. The Kier molecular flexibility index (Phi) is 6.48. The minimum absolute atomic E-state index is 0.0476. The fraction of sp³-hybridized carbons (Fsp3) is 0.308. The maximum atomic E-state index is 11.4. The van der Waals surface area contributed by atoms with E-state index in [9.17, 15) is 9.59 Å². The van der Waals surface area contributed by atoms with Gasteiger partial charge in [0.25, 0.3) is 5.91 Å². The molecule has 0 fully saturated rings. The number of allylic oxidation sites excluding steroid dienone is 1. The predicted molar refractivity (Wildman–Crippen MR) is 84.6 cm³/mol. The van der Waals surface area contributed by atoms with E-state index in [1.54, 1.807) is 7.05 Å². The van der Waals surface area contributed by atoms with Crippen molar-refractivity contribution in [3.05, 3.63) is 23.8 Å². The van der Waals surface area contributed by atoms with Gasteiger partial charge in [0.05, 0.1) is 17.9 Å². The molecular weight excluding hydrogens is 286 g/mol. The maximum absolute atomic E-state index is 11.4. The number of anilines is 2. The highest BCUT2D eigenvalue weighted by Gasteiger charge is 2.15. The summed E-state index contributed by atoms with van der Waals surface area (Å²) in [6.45, 7) is 1.85. The van der Waals surface area contributed by atoms with E-state index in [0.717, 1.165) is 6.29 Å². The molecule has 1 aromatic heterocycles. The minimum Gasteiger partial charge on any atom is -0.403 e. The number of carbonyl (C=O) groups excluding carboxylic acids is 2. The summed E-state index contributed by atoms with van der Waals surface area (Å²) in [5.41, 5.74) is 11.1. The zero-order chi connectivity index (χ0) is 16.5. The van der Waals surface area contributed by atoms with Crippen LogP contribution in [0.4, 0.5) is 11.6 Å². The van der Waals surface area contributed by atoms with Gasteiger partial charge >= 0.3 is 0 Å². The summed E-state index contributed by atoms with van der Waals surface area (Å²) in [5, 5.41) is 5.70. The third-order valence-corrected chi connectivity index (χ3v) is 2.65. The maximum Gasteiger partial charge on any atom is 0.271 e. The van der Waals surface area contributed by atoms with Crippen LogP contribution in [0, 0.1) is 0 Å². The monoisotopic (exact) mass is 305 g/mol. The van der Waals surface area contributed by atoms with Crippen LogP contribution in [0.25, 0.3) is 0 Å². The van der Waals surface area contributed by atoms with Gasteiger partial charge in [0.2, 0.25) is 0 Å². The van der Waals surface area contributed by atoms with Crippen molar-refractivity contribution in [2.45, 2.75) is 19.4 Å². The molecule has 0 aliphatic rings. The number of aromatic nitrogens is 2. The first-order valence-electron chi connectivity index (χ1n) is 6.55. The van der Waals surface area contributed by atoms with Gasteiger partial charge in [-0.3, -0.25) is 9.79 Å². The molecular formula is C13H19N7O2. The van der Waals surface area contributed by atoms with Crippen LogP contribution in [0.2, 0.25) is 0 Å². The van der Waals surface area contributed by atoms with Gasteiger partial charge in [-0.25, -0.2) is 9.97 Å².